The first-order valence-corrected chi connectivity index (χ1v) is 25.3. The first kappa shape index (κ1) is 60.1. The van der Waals surface area contributed by atoms with E-state index in [1.54, 1.807) is 66.0 Å². The lowest BCUT2D eigenvalue weighted by atomic mass is 9.82. The van der Waals surface area contributed by atoms with Gasteiger partial charge in [-0.1, -0.05) is 20.8 Å². The summed E-state index contributed by atoms with van der Waals surface area (Å²) in [6.45, 7) is 15.0. The van der Waals surface area contributed by atoms with Crippen molar-refractivity contribution < 1.29 is 81.5 Å². The molecule has 1 aromatic rings. The Morgan fingerprint density at radius 2 is 1.59 bits per heavy atom. The molecule has 1 aromatic heterocycles. The fraction of sp³-hybridized carbons (Fsp3) is 0.824. The number of esters is 4. The van der Waals surface area contributed by atoms with Gasteiger partial charge in [0.25, 0.3) is 0 Å². The zero-order valence-electron chi connectivity index (χ0n) is 44.4. The number of nitrogens with zero attached hydrogens (tertiary/aromatic N) is 3. The second-order valence-corrected chi connectivity index (χ2v) is 19.8. The lowest BCUT2D eigenvalue weighted by Crippen LogP contribution is -2.66. The third-order valence-electron chi connectivity index (χ3n) is 13.9. The summed E-state index contributed by atoms with van der Waals surface area (Å²) < 4.78 is 67.8. The van der Waals surface area contributed by atoms with Gasteiger partial charge in [0.2, 0.25) is 0 Å². The molecule has 4 heterocycles. The smallest absolute Gasteiger partial charge is 0.309 e. The number of aryl methyl sites for hydroxylation is 1. The topological polar surface area (TPSA) is 230 Å². The third kappa shape index (κ3) is 17.6. The van der Waals surface area contributed by atoms with E-state index in [-0.39, 0.29) is 38.0 Å². The van der Waals surface area contributed by atoms with Crippen LogP contribution in [-0.4, -0.2) is 195 Å². The van der Waals surface area contributed by atoms with E-state index in [9.17, 15) is 29.4 Å². The molecule has 0 aliphatic carbocycles. The Labute approximate surface area is 420 Å². The van der Waals surface area contributed by atoms with Gasteiger partial charge in [0.1, 0.15) is 30.5 Å². The van der Waals surface area contributed by atoms with E-state index in [4.69, 9.17) is 52.1 Å². The molecule has 0 amide bonds. The number of carbonyl (C=O) groups excluding carboxylic acids is 4. The van der Waals surface area contributed by atoms with Crippen molar-refractivity contribution in [2.45, 2.75) is 205 Å². The molecule has 4 rings (SSSR count). The van der Waals surface area contributed by atoms with E-state index in [2.05, 4.69) is 9.88 Å². The van der Waals surface area contributed by atoms with Crippen LogP contribution >= 0.6 is 0 Å². The molecule has 0 bridgehead atoms. The molecule has 2 N–H and O–H groups in total. The predicted octanol–water partition coefficient (Wildman–Crippen LogP) is 3.98. The molecule has 0 spiro atoms. The molecule has 406 valence electrons. The lowest BCUT2D eigenvalue weighted by molar-refractivity contribution is -0.345. The van der Waals surface area contributed by atoms with E-state index < -0.39 is 121 Å². The van der Waals surface area contributed by atoms with Gasteiger partial charge < -0.3 is 72.1 Å². The molecule has 10 unspecified atom stereocenters. The van der Waals surface area contributed by atoms with Crippen LogP contribution in [0.15, 0.2) is 24.5 Å². The molecule has 0 saturated carbocycles. The largest absolute Gasteiger partial charge is 0.463 e. The summed E-state index contributed by atoms with van der Waals surface area (Å²) in [7, 11) is 8.00. The van der Waals surface area contributed by atoms with Crippen molar-refractivity contribution in [1.82, 2.24) is 14.8 Å². The summed E-state index contributed by atoms with van der Waals surface area (Å²) >= 11 is 0. The summed E-state index contributed by atoms with van der Waals surface area (Å²) in [6.07, 6.45) is -6.81. The number of aliphatic hydroxyl groups excluding tert-OH is 2. The molecule has 20 nitrogen and oxygen atoms in total. The highest BCUT2D eigenvalue weighted by Gasteiger charge is 2.54. The number of hydrogen-bond donors (Lipinski definition) is 2. The number of likely N-dealkylation sites (N-methyl/N-ethyl adjacent to an activating group) is 1. The number of methoxy groups -OCH3 is 3. The Kier molecular flexibility index (Phi) is 24.5. The van der Waals surface area contributed by atoms with Crippen LogP contribution < -0.4 is 0 Å². The van der Waals surface area contributed by atoms with Crippen molar-refractivity contribution in [3.05, 3.63) is 30.1 Å². The standard InChI is InChI=1S/C51H85N3O17/c1-14-39(57)67-38-27-41(59)64-31(4)20-24-54(23-16-17-35-18-21-52-22-19-35)29-37(56)30(3)25-36(26-42(61-11)62-12)47(48(38)63-13)70-50-45(60)44(53(9)10)46(32(5)66-50)69-43-28-51(8,71-34(7)55)49(33(6)65-43)68-40(58)15-2/h18-19,21-22,30-33,36-38,42-50,56,60H,14-17,20,23-29H2,1-13H3/t30-,31-,32?,33?,36-,37+,38-,43?,44?,45?,46?,47+,48?,49?,50?,51?/m1/s1. The number of aromatic nitrogens is 1. The number of pyridine rings is 1. The normalized spacial score (nSPS) is 35.0. The van der Waals surface area contributed by atoms with Crippen LogP contribution in [0.4, 0.5) is 0 Å². The fourth-order valence-corrected chi connectivity index (χ4v) is 10.1. The van der Waals surface area contributed by atoms with Gasteiger partial charge >= 0.3 is 23.9 Å². The summed E-state index contributed by atoms with van der Waals surface area (Å²) in [4.78, 5) is 60.1. The molecule has 16 atom stereocenters. The quantitative estimate of drug-likeness (QED) is 0.113. The number of cyclic esters (lactones) is 1. The van der Waals surface area contributed by atoms with Crippen LogP contribution in [0.2, 0.25) is 0 Å². The van der Waals surface area contributed by atoms with Gasteiger partial charge in [-0.05, 0) is 104 Å². The Balaban J connectivity index is 1.73. The molecular weight excluding hydrogens is 927 g/mol. The van der Waals surface area contributed by atoms with Crippen LogP contribution in [0.3, 0.4) is 0 Å². The van der Waals surface area contributed by atoms with E-state index >= 15 is 0 Å². The monoisotopic (exact) mass is 1010 g/mol. The van der Waals surface area contributed by atoms with Crippen LogP contribution in [0.1, 0.15) is 112 Å². The summed E-state index contributed by atoms with van der Waals surface area (Å²) in [5, 5.41) is 24.5. The molecule has 3 aliphatic heterocycles. The molecule has 3 aliphatic rings. The number of β-amino-alcohol motifs (C(OH)–C–C–N with tert-alkyl or cyclic N) is 1. The van der Waals surface area contributed by atoms with Crippen LogP contribution in [-0.2, 0) is 77.7 Å². The fourth-order valence-electron chi connectivity index (χ4n) is 10.1. The number of rotatable bonds is 19. The average Bonchev–Trinajstić information content (AvgIpc) is 3.31. The minimum atomic E-state index is -1.41. The number of hydrogen-bond acceptors (Lipinski definition) is 20. The van der Waals surface area contributed by atoms with E-state index in [1.165, 1.54) is 28.3 Å². The van der Waals surface area contributed by atoms with Gasteiger partial charge in [0, 0.05) is 79.4 Å². The Hall–Kier alpha value is -3.41. The lowest BCUT2D eigenvalue weighted by Gasteiger charge is -2.51. The van der Waals surface area contributed by atoms with Crippen molar-refractivity contribution in [1.29, 1.82) is 0 Å². The van der Waals surface area contributed by atoms with Crippen LogP contribution in [0, 0.1) is 11.8 Å². The Bertz CT molecular complexity index is 1780. The van der Waals surface area contributed by atoms with Crippen molar-refractivity contribution in [2.24, 2.45) is 11.8 Å². The summed E-state index contributed by atoms with van der Waals surface area (Å²) in [5.74, 6) is -3.22. The molecule has 71 heavy (non-hydrogen) atoms. The predicted molar refractivity (Wildman–Crippen MR) is 257 cm³/mol. The third-order valence-corrected chi connectivity index (χ3v) is 13.9. The SMILES string of the molecule is CCC(=O)OC1C(C)OC(OC2C(C)OC(O[C@@H]3C(OC)[C@H](OC(=O)CC)CC(=O)O[C@H](C)CCN(CCCc4ccncc4)C[C@H](O)[C@H](C)C[C@@H]3CC(OC)OC)C(O)C2N(C)C)CC1(C)OC(C)=O. The Morgan fingerprint density at radius 3 is 2.20 bits per heavy atom. The molecule has 3 fully saturated rings. The highest BCUT2D eigenvalue weighted by molar-refractivity contribution is 5.73. The molecule has 0 radical (unpaired) electrons. The summed E-state index contributed by atoms with van der Waals surface area (Å²) in [5.41, 5.74) is -0.164. The van der Waals surface area contributed by atoms with Gasteiger partial charge in [-0.15, -0.1) is 0 Å². The summed E-state index contributed by atoms with van der Waals surface area (Å²) in [6, 6.07) is 3.17. The van der Waals surface area contributed by atoms with Crippen molar-refractivity contribution >= 4 is 23.9 Å². The maximum Gasteiger partial charge on any atom is 0.309 e. The zero-order chi connectivity index (χ0) is 52.6. The van der Waals surface area contributed by atoms with Gasteiger partial charge in [-0.3, -0.25) is 24.2 Å². The molecule has 3 saturated heterocycles. The van der Waals surface area contributed by atoms with Gasteiger partial charge in [0.15, 0.2) is 30.6 Å². The van der Waals surface area contributed by atoms with Crippen molar-refractivity contribution in [3.63, 3.8) is 0 Å². The second kappa shape index (κ2) is 28.9. The van der Waals surface area contributed by atoms with E-state index in [0.717, 1.165) is 18.4 Å². The van der Waals surface area contributed by atoms with Gasteiger partial charge in [-0.2, -0.15) is 0 Å². The second-order valence-electron chi connectivity index (χ2n) is 19.8. The number of ether oxygens (including phenoxy) is 11. The van der Waals surface area contributed by atoms with Gasteiger partial charge in [-0.25, -0.2) is 0 Å². The van der Waals surface area contributed by atoms with Crippen molar-refractivity contribution in [3.8, 4) is 0 Å². The molecule has 0 aromatic carbocycles. The number of carbonyl (C=O) groups is 4. The Morgan fingerprint density at radius 1 is 0.930 bits per heavy atom. The van der Waals surface area contributed by atoms with Crippen LogP contribution in [0.25, 0.3) is 0 Å². The number of aliphatic hydroxyl groups is 2. The van der Waals surface area contributed by atoms with Crippen molar-refractivity contribution in [2.75, 3.05) is 55.1 Å². The highest BCUT2D eigenvalue weighted by Crippen LogP contribution is 2.40. The minimum Gasteiger partial charge on any atom is -0.463 e. The average molecular weight is 1010 g/mol. The van der Waals surface area contributed by atoms with Gasteiger partial charge in [0.05, 0.1) is 36.9 Å². The highest BCUT2D eigenvalue weighted by atomic mass is 16.7. The maximum absolute atomic E-state index is 13.9. The first-order valence-electron chi connectivity index (χ1n) is 25.3. The first-order chi connectivity index (χ1) is 33.7. The van der Waals surface area contributed by atoms with E-state index in [0.29, 0.717) is 32.5 Å². The molecule has 20 heteroatoms. The van der Waals surface area contributed by atoms with E-state index in [1.807, 2.05) is 26.0 Å². The minimum absolute atomic E-state index is 0.00487. The molecular formula is C51H85N3O17. The van der Waals surface area contributed by atoms with Crippen LogP contribution in [0.5, 0.6) is 0 Å². The zero-order valence-corrected chi connectivity index (χ0v) is 44.4. The maximum atomic E-state index is 13.9.